The molecule has 2 aromatic rings. The van der Waals surface area contributed by atoms with Crippen molar-refractivity contribution >= 4 is 5.78 Å². The molecule has 3 atom stereocenters. The van der Waals surface area contributed by atoms with Crippen LogP contribution in [0.25, 0.3) is 0 Å². The van der Waals surface area contributed by atoms with Gasteiger partial charge in [0, 0.05) is 30.8 Å². The molecule has 0 saturated carbocycles. The molecule has 1 aliphatic heterocycles. The summed E-state index contributed by atoms with van der Waals surface area (Å²) in [7, 11) is 0. The SMILES string of the molecule is C[C@H]1CN(C[C@H](O)COc2ccc(C(=O)c3ccccc3)cc2)C[C@H](C)O1. The number of ketones is 1. The highest BCUT2D eigenvalue weighted by atomic mass is 16.5. The van der Waals surface area contributed by atoms with E-state index in [4.69, 9.17) is 9.47 Å². The Hall–Kier alpha value is -2.21. The lowest BCUT2D eigenvalue weighted by atomic mass is 10.0. The molecule has 0 aliphatic carbocycles. The number of carbonyl (C=O) groups is 1. The van der Waals surface area contributed by atoms with Gasteiger partial charge in [0.15, 0.2) is 5.78 Å². The van der Waals surface area contributed by atoms with Crippen LogP contribution in [0.1, 0.15) is 29.8 Å². The first-order valence-electron chi connectivity index (χ1n) is 9.39. The van der Waals surface area contributed by atoms with Gasteiger partial charge in [0.1, 0.15) is 18.5 Å². The van der Waals surface area contributed by atoms with E-state index >= 15 is 0 Å². The van der Waals surface area contributed by atoms with Crippen molar-refractivity contribution in [3.63, 3.8) is 0 Å². The highest BCUT2D eigenvalue weighted by molar-refractivity contribution is 6.08. The van der Waals surface area contributed by atoms with Gasteiger partial charge in [-0.25, -0.2) is 0 Å². The number of nitrogens with zero attached hydrogens (tertiary/aromatic N) is 1. The predicted octanol–water partition coefficient (Wildman–Crippen LogP) is 2.77. The molecule has 1 heterocycles. The van der Waals surface area contributed by atoms with E-state index in [1.54, 1.807) is 36.4 Å². The van der Waals surface area contributed by atoms with Crippen LogP contribution in [-0.4, -0.2) is 60.3 Å². The summed E-state index contributed by atoms with van der Waals surface area (Å²) in [6.45, 7) is 6.50. The number of β-amino-alcohol motifs (C(OH)–C–C–N with tert-alkyl or cyclic N) is 1. The highest BCUT2D eigenvalue weighted by Crippen LogP contribution is 2.16. The number of aliphatic hydroxyl groups excluding tert-OH is 1. The Labute approximate surface area is 160 Å². The molecule has 0 spiro atoms. The molecule has 144 valence electrons. The Morgan fingerprint density at radius 1 is 1.07 bits per heavy atom. The monoisotopic (exact) mass is 369 g/mol. The van der Waals surface area contributed by atoms with E-state index in [1.165, 1.54) is 0 Å². The maximum atomic E-state index is 12.4. The molecule has 27 heavy (non-hydrogen) atoms. The zero-order valence-electron chi connectivity index (χ0n) is 15.9. The third-order valence-corrected chi connectivity index (χ3v) is 4.56. The first kappa shape index (κ1) is 19.5. The molecule has 1 N–H and O–H groups in total. The summed E-state index contributed by atoms with van der Waals surface area (Å²) in [4.78, 5) is 14.6. The van der Waals surface area contributed by atoms with E-state index in [2.05, 4.69) is 4.90 Å². The van der Waals surface area contributed by atoms with Gasteiger partial charge in [0.2, 0.25) is 0 Å². The van der Waals surface area contributed by atoms with E-state index in [0.29, 0.717) is 23.4 Å². The zero-order chi connectivity index (χ0) is 19.2. The summed E-state index contributed by atoms with van der Waals surface area (Å²) in [6.07, 6.45) is -0.221. The summed E-state index contributed by atoms with van der Waals surface area (Å²) < 4.78 is 11.4. The maximum absolute atomic E-state index is 12.4. The molecule has 1 fully saturated rings. The molecule has 2 aromatic carbocycles. The van der Waals surface area contributed by atoms with Crippen molar-refractivity contribution in [1.29, 1.82) is 0 Å². The predicted molar refractivity (Wildman–Crippen MR) is 104 cm³/mol. The first-order chi connectivity index (χ1) is 13.0. The number of carbonyl (C=O) groups excluding carboxylic acids is 1. The molecular formula is C22H27NO4. The average molecular weight is 369 g/mol. The number of hydrogen-bond donors (Lipinski definition) is 1. The normalized spacial score (nSPS) is 21.6. The fourth-order valence-corrected chi connectivity index (χ4v) is 3.44. The smallest absolute Gasteiger partial charge is 0.193 e. The number of ether oxygens (including phenoxy) is 2. The number of benzene rings is 2. The van der Waals surface area contributed by atoms with E-state index < -0.39 is 6.10 Å². The average Bonchev–Trinajstić information content (AvgIpc) is 2.66. The van der Waals surface area contributed by atoms with Crippen LogP contribution in [0, 0.1) is 0 Å². The number of aliphatic hydroxyl groups is 1. The second-order valence-corrected chi connectivity index (χ2v) is 7.16. The number of hydrogen-bond acceptors (Lipinski definition) is 5. The minimum atomic E-state index is -0.576. The van der Waals surface area contributed by atoms with Crippen LogP contribution in [0.5, 0.6) is 5.75 Å². The molecule has 5 heteroatoms. The van der Waals surface area contributed by atoms with E-state index in [1.807, 2.05) is 32.0 Å². The second-order valence-electron chi connectivity index (χ2n) is 7.16. The fraction of sp³-hybridized carbons (Fsp3) is 0.409. The van der Waals surface area contributed by atoms with Crippen molar-refractivity contribution in [3.8, 4) is 5.75 Å². The Morgan fingerprint density at radius 2 is 1.67 bits per heavy atom. The third kappa shape index (κ3) is 5.63. The van der Waals surface area contributed by atoms with Gasteiger partial charge in [-0.05, 0) is 38.1 Å². The van der Waals surface area contributed by atoms with Gasteiger partial charge >= 0.3 is 0 Å². The Morgan fingerprint density at radius 3 is 2.30 bits per heavy atom. The lowest BCUT2D eigenvalue weighted by molar-refractivity contribution is -0.0786. The van der Waals surface area contributed by atoms with Crippen LogP contribution in [0.15, 0.2) is 54.6 Å². The van der Waals surface area contributed by atoms with Crippen LogP contribution < -0.4 is 4.74 Å². The van der Waals surface area contributed by atoms with Gasteiger partial charge in [0.05, 0.1) is 12.2 Å². The Balaban J connectivity index is 1.49. The lowest BCUT2D eigenvalue weighted by Gasteiger charge is -2.36. The van der Waals surface area contributed by atoms with Gasteiger partial charge in [-0.3, -0.25) is 9.69 Å². The van der Waals surface area contributed by atoms with Crippen LogP contribution in [-0.2, 0) is 4.74 Å². The minimum absolute atomic E-state index is 0.0160. The van der Waals surface area contributed by atoms with Crippen molar-refractivity contribution in [3.05, 3.63) is 65.7 Å². The molecule has 5 nitrogen and oxygen atoms in total. The zero-order valence-corrected chi connectivity index (χ0v) is 15.9. The molecule has 0 radical (unpaired) electrons. The Kier molecular flexibility index (Phi) is 6.61. The number of rotatable bonds is 7. The first-order valence-corrected chi connectivity index (χ1v) is 9.39. The van der Waals surface area contributed by atoms with Gasteiger partial charge in [-0.1, -0.05) is 30.3 Å². The van der Waals surface area contributed by atoms with Gasteiger partial charge in [-0.2, -0.15) is 0 Å². The topological polar surface area (TPSA) is 59.0 Å². The maximum Gasteiger partial charge on any atom is 0.193 e. The van der Waals surface area contributed by atoms with Crippen molar-refractivity contribution in [2.45, 2.75) is 32.2 Å². The Bertz CT molecular complexity index is 722. The quantitative estimate of drug-likeness (QED) is 0.761. The molecule has 0 unspecified atom stereocenters. The fourth-order valence-electron chi connectivity index (χ4n) is 3.44. The van der Waals surface area contributed by atoms with Gasteiger partial charge in [0.25, 0.3) is 0 Å². The molecule has 0 amide bonds. The van der Waals surface area contributed by atoms with Crippen LogP contribution >= 0.6 is 0 Å². The summed E-state index contributed by atoms with van der Waals surface area (Å²) in [5, 5.41) is 10.3. The standard InChI is InChI=1S/C22H27NO4/c1-16-12-23(13-17(2)27-16)14-20(24)15-26-21-10-8-19(9-11-21)22(25)18-6-4-3-5-7-18/h3-11,16-17,20,24H,12-15H2,1-2H3/t16-,17-,20-/m0/s1. The molecule has 0 bridgehead atoms. The van der Waals surface area contributed by atoms with Crippen LogP contribution in [0.4, 0.5) is 0 Å². The van der Waals surface area contributed by atoms with Crippen molar-refractivity contribution in [2.24, 2.45) is 0 Å². The molecule has 1 saturated heterocycles. The third-order valence-electron chi connectivity index (χ3n) is 4.56. The summed E-state index contributed by atoms with van der Waals surface area (Å²) in [6, 6.07) is 16.2. The van der Waals surface area contributed by atoms with Crippen LogP contribution in [0.2, 0.25) is 0 Å². The summed E-state index contributed by atoms with van der Waals surface area (Å²) in [5.74, 6) is 0.625. The van der Waals surface area contributed by atoms with E-state index in [0.717, 1.165) is 13.1 Å². The summed E-state index contributed by atoms with van der Waals surface area (Å²) >= 11 is 0. The van der Waals surface area contributed by atoms with Crippen molar-refractivity contribution in [1.82, 2.24) is 4.90 Å². The molecule has 3 rings (SSSR count). The summed E-state index contributed by atoms with van der Waals surface area (Å²) in [5.41, 5.74) is 1.28. The van der Waals surface area contributed by atoms with Gasteiger partial charge in [-0.15, -0.1) is 0 Å². The lowest BCUT2D eigenvalue weighted by Crippen LogP contribution is -2.48. The van der Waals surface area contributed by atoms with E-state index in [-0.39, 0.29) is 24.6 Å². The molecule has 0 aromatic heterocycles. The van der Waals surface area contributed by atoms with Crippen LogP contribution in [0.3, 0.4) is 0 Å². The molecule has 1 aliphatic rings. The van der Waals surface area contributed by atoms with Crippen molar-refractivity contribution < 1.29 is 19.4 Å². The molecular weight excluding hydrogens is 342 g/mol. The highest BCUT2D eigenvalue weighted by Gasteiger charge is 2.24. The van der Waals surface area contributed by atoms with E-state index in [9.17, 15) is 9.90 Å². The van der Waals surface area contributed by atoms with Gasteiger partial charge < -0.3 is 14.6 Å². The second kappa shape index (κ2) is 9.13. The van der Waals surface area contributed by atoms with Crippen molar-refractivity contribution in [2.75, 3.05) is 26.2 Å². The number of morpholine rings is 1. The minimum Gasteiger partial charge on any atom is -0.491 e. The largest absolute Gasteiger partial charge is 0.491 e.